The number of rotatable bonds is 8. The molecule has 1 fully saturated rings. The summed E-state index contributed by atoms with van der Waals surface area (Å²) in [5, 5.41) is 55.2. The second kappa shape index (κ2) is 16.0. The molecule has 0 bridgehead atoms. The third-order valence-electron chi connectivity index (χ3n) is 11.5. The Morgan fingerprint density at radius 2 is 1.63 bits per heavy atom. The number of phenols is 2. The van der Waals surface area contributed by atoms with Gasteiger partial charge in [-0.15, -0.1) is 0 Å². The van der Waals surface area contributed by atoms with Crippen molar-refractivity contribution in [3.05, 3.63) is 93.0 Å². The third-order valence-corrected chi connectivity index (χ3v) is 11.5. The van der Waals surface area contributed by atoms with Crippen LogP contribution in [-0.2, 0) is 20.7 Å². The minimum atomic E-state index is -2.24. The highest BCUT2D eigenvalue weighted by atomic mass is 16.7. The third kappa shape index (κ3) is 7.07. The SMILES string of the molecule is CN(C)CCN1C(=O)c2cccc3cc(N)cc(c23)C1=O.COc1cccc2c1C(=O)c1c(O)c3c(c(O)c1C2=O)C[C@@](O)(C(=O)CO)C[C@@H]3O[C@H]1C[C@H](N)[C@H](O)[C@H](C)O1. The Morgan fingerprint density at radius 3 is 2.30 bits per heavy atom. The van der Waals surface area contributed by atoms with E-state index in [0.29, 0.717) is 35.3 Å². The number of nitrogen functional groups attached to an aromatic ring is 1. The van der Waals surface area contributed by atoms with E-state index in [2.05, 4.69) is 0 Å². The van der Waals surface area contributed by atoms with Gasteiger partial charge < -0.3 is 56.1 Å². The zero-order chi connectivity index (χ0) is 43.5. The Balaban J connectivity index is 0.000000218. The molecule has 4 aliphatic rings. The van der Waals surface area contributed by atoms with Crippen LogP contribution in [-0.4, -0.2) is 136 Å². The number of methoxy groups -OCH3 is 1. The van der Waals surface area contributed by atoms with E-state index in [9.17, 15) is 49.5 Å². The summed E-state index contributed by atoms with van der Waals surface area (Å²) in [6.45, 7) is 1.56. The van der Waals surface area contributed by atoms with Gasteiger partial charge in [-0.1, -0.05) is 24.3 Å². The zero-order valence-corrected chi connectivity index (χ0v) is 33.3. The number of imide groups is 1. The molecule has 8 rings (SSSR count). The van der Waals surface area contributed by atoms with Crippen LogP contribution in [0, 0.1) is 0 Å². The fourth-order valence-electron chi connectivity index (χ4n) is 8.43. The monoisotopic (exact) mass is 826 g/mol. The highest BCUT2D eigenvalue weighted by Gasteiger charge is 2.50. The van der Waals surface area contributed by atoms with Crippen LogP contribution < -0.4 is 16.2 Å². The quantitative estimate of drug-likeness (QED) is 0.0665. The van der Waals surface area contributed by atoms with Crippen LogP contribution in [0.5, 0.6) is 17.2 Å². The fourth-order valence-corrected chi connectivity index (χ4v) is 8.43. The van der Waals surface area contributed by atoms with Crippen LogP contribution in [0.25, 0.3) is 10.8 Å². The van der Waals surface area contributed by atoms with E-state index >= 15 is 0 Å². The number of hydrogen-bond acceptors (Lipinski definition) is 16. The number of ether oxygens (including phenoxy) is 3. The Kier molecular flexibility index (Phi) is 11.3. The highest BCUT2D eigenvalue weighted by molar-refractivity contribution is 6.31. The molecule has 0 saturated carbocycles. The Morgan fingerprint density at radius 1 is 0.967 bits per heavy atom. The van der Waals surface area contributed by atoms with Crippen LogP contribution in [0.4, 0.5) is 5.69 Å². The Labute approximate surface area is 343 Å². The van der Waals surface area contributed by atoms with E-state index in [1.54, 1.807) is 25.1 Å². The summed E-state index contributed by atoms with van der Waals surface area (Å²) in [4.78, 5) is 68.2. The predicted molar refractivity (Wildman–Crippen MR) is 214 cm³/mol. The molecule has 0 unspecified atom stereocenters. The van der Waals surface area contributed by atoms with Crippen molar-refractivity contribution in [1.82, 2.24) is 9.80 Å². The zero-order valence-electron chi connectivity index (χ0n) is 33.3. The highest BCUT2D eigenvalue weighted by Crippen LogP contribution is 2.52. The molecule has 9 N–H and O–H groups in total. The van der Waals surface area contributed by atoms with Crippen molar-refractivity contribution >= 4 is 45.6 Å². The van der Waals surface area contributed by atoms with E-state index < -0.39 is 95.7 Å². The molecule has 316 valence electrons. The average Bonchev–Trinajstić information content (AvgIpc) is 3.21. The molecule has 17 nitrogen and oxygen atoms in total. The molecule has 60 heavy (non-hydrogen) atoms. The first-order valence-electron chi connectivity index (χ1n) is 19.2. The molecule has 2 heterocycles. The molecule has 2 aliphatic carbocycles. The van der Waals surface area contributed by atoms with Gasteiger partial charge in [-0.3, -0.25) is 28.9 Å². The van der Waals surface area contributed by atoms with E-state index in [1.165, 1.54) is 30.2 Å². The van der Waals surface area contributed by atoms with Crippen LogP contribution in [0.1, 0.15) is 89.6 Å². The first kappa shape index (κ1) is 42.3. The lowest BCUT2D eigenvalue weighted by atomic mass is 9.72. The van der Waals surface area contributed by atoms with Crippen molar-refractivity contribution in [2.24, 2.45) is 5.73 Å². The maximum atomic E-state index is 13.6. The number of carbonyl (C=O) groups is 5. The number of nitrogens with zero attached hydrogens (tertiary/aromatic N) is 2. The number of aliphatic hydroxyl groups excluding tert-OH is 2. The number of fused-ring (bicyclic) bond motifs is 3. The van der Waals surface area contributed by atoms with Gasteiger partial charge in [0.25, 0.3) is 11.8 Å². The summed E-state index contributed by atoms with van der Waals surface area (Å²) in [6.07, 6.45) is -5.12. The van der Waals surface area contributed by atoms with Crippen LogP contribution >= 0.6 is 0 Å². The van der Waals surface area contributed by atoms with Crippen LogP contribution in [0.3, 0.4) is 0 Å². The maximum absolute atomic E-state index is 13.6. The molecule has 0 aromatic heterocycles. The van der Waals surface area contributed by atoms with E-state index in [1.807, 2.05) is 31.1 Å². The first-order chi connectivity index (χ1) is 28.4. The number of hydrogen-bond donors (Lipinski definition) is 7. The molecule has 0 radical (unpaired) electrons. The number of amides is 2. The number of aromatic hydroxyl groups is 2. The summed E-state index contributed by atoms with van der Waals surface area (Å²) in [7, 11) is 5.14. The molecule has 4 aromatic rings. The maximum Gasteiger partial charge on any atom is 0.261 e. The minimum Gasteiger partial charge on any atom is -0.507 e. The molecule has 2 aliphatic heterocycles. The predicted octanol–water partition coefficient (Wildman–Crippen LogP) is 1.58. The standard InChI is InChI=1S/C27H29NO11.C16H17N3O2/c1-10-22(31)13(28)6-17(38-10)39-15-8-27(36,16(30)9-29)7-12-19(15)26(35)21-20(24(12)33)23(32)11-4-3-5-14(37-2)18(11)25(21)34;1-18(2)6-7-19-15(20)12-5-3-4-10-8-11(17)9-13(14(10)12)16(19)21/h3-5,10,13,15,17,22,29,31,33,35-36H,6-9,28H2,1-2H3;3-5,8-9H,6-7,17H2,1-2H3/t10-,13-,15-,17-,22+,27-;/m0./s1. The van der Waals surface area contributed by atoms with Crippen molar-refractivity contribution in [3.8, 4) is 17.2 Å². The number of likely N-dealkylation sites (N-methyl/N-ethyl adjacent to an activating group) is 1. The van der Waals surface area contributed by atoms with Gasteiger partial charge in [-0.2, -0.15) is 0 Å². The van der Waals surface area contributed by atoms with Crippen molar-refractivity contribution in [2.75, 3.05) is 46.6 Å². The van der Waals surface area contributed by atoms with Gasteiger partial charge in [0.15, 0.2) is 17.9 Å². The summed E-state index contributed by atoms with van der Waals surface area (Å²) in [5.74, 6) is -4.27. The Bertz CT molecular complexity index is 2460. The summed E-state index contributed by atoms with van der Waals surface area (Å²) >= 11 is 0. The minimum absolute atomic E-state index is 0.0173. The molecule has 6 atom stereocenters. The second-order valence-corrected chi connectivity index (χ2v) is 15.7. The number of aliphatic hydroxyl groups is 3. The van der Waals surface area contributed by atoms with Crippen molar-refractivity contribution in [1.29, 1.82) is 0 Å². The number of carbonyl (C=O) groups excluding carboxylic acids is 5. The normalized spacial score (nSPS) is 24.4. The van der Waals surface area contributed by atoms with Gasteiger partial charge in [-0.25, -0.2) is 0 Å². The lowest BCUT2D eigenvalue weighted by Gasteiger charge is -2.42. The Hall–Kier alpha value is -5.79. The average molecular weight is 827 g/mol. The number of Topliss-reactive ketones (excluding diaryl/α,β-unsaturated/α-hetero) is 1. The smallest absolute Gasteiger partial charge is 0.261 e. The number of anilines is 1. The number of benzene rings is 4. The van der Waals surface area contributed by atoms with E-state index in [0.717, 1.165) is 5.39 Å². The molecular formula is C43H46N4O13. The number of phenolic OH excluding ortho intramolecular Hbond substituents is 2. The molecule has 17 heteroatoms. The topological polar surface area (TPSA) is 273 Å². The molecule has 0 spiro atoms. The van der Waals surface area contributed by atoms with Gasteiger partial charge in [0.1, 0.15) is 29.5 Å². The lowest BCUT2D eigenvalue weighted by Crippen LogP contribution is -2.53. The van der Waals surface area contributed by atoms with Crippen molar-refractivity contribution in [2.45, 2.75) is 62.4 Å². The fraction of sp³-hybridized carbons (Fsp3) is 0.372. The molecule has 2 amide bonds. The lowest BCUT2D eigenvalue weighted by molar-refractivity contribution is -0.247. The molecule has 4 aromatic carbocycles. The van der Waals surface area contributed by atoms with Crippen molar-refractivity contribution in [3.63, 3.8) is 0 Å². The summed E-state index contributed by atoms with van der Waals surface area (Å²) in [6, 6.07) is 12.5. The van der Waals surface area contributed by atoms with E-state index in [-0.39, 0.29) is 46.2 Å². The van der Waals surface area contributed by atoms with Crippen LogP contribution in [0.2, 0.25) is 0 Å². The van der Waals surface area contributed by atoms with E-state index in [4.69, 9.17) is 25.7 Å². The molecule has 1 saturated heterocycles. The first-order valence-corrected chi connectivity index (χ1v) is 19.2. The summed E-state index contributed by atoms with van der Waals surface area (Å²) in [5.41, 5.74) is 9.86. The van der Waals surface area contributed by atoms with Gasteiger partial charge in [-0.05, 0) is 50.7 Å². The van der Waals surface area contributed by atoms with Gasteiger partial charge in [0, 0.05) is 71.7 Å². The number of nitrogens with two attached hydrogens (primary N) is 2. The largest absolute Gasteiger partial charge is 0.507 e. The van der Waals surface area contributed by atoms with Crippen molar-refractivity contribution < 1.29 is 63.7 Å². The van der Waals surface area contributed by atoms with Gasteiger partial charge >= 0.3 is 0 Å². The summed E-state index contributed by atoms with van der Waals surface area (Å²) < 4.78 is 17.0. The molecular weight excluding hydrogens is 780 g/mol. The second-order valence-electron chi connectivity index (χ2n) is 15.7. The van der Waals surface area contributed by atoms with Gasteiger partial charge in [0.2, 0.25) is 5.78 Å². The van der Waals surface area contributed by atoms with Crippen LogP contribution in [0.15, 0.2) is 48.5 Å². The number of ketones is 3. The van der Waals surface area contributed by atoms with Gasteiger partial charge in [0.05, 0.1) is 47.7 Å².